The Labute approximate surface area is 86.7 Å². The highest BCUT2D eigenvalue weighted by Gasteiger charge is 2.28. The number of hydrogen-bond acceptors (Lipinski definition) is 4. The zero-order valence-corrected chi connectivity index (χ0v) is 8.33. The number of carbonyl (C=O) groups excluding carboxylic acids is 3. The lowest BCUT2D eigenvalue weighted by Crippen LogP contribution is -2.11. The quantitative estimate of drug-likeness (QED) is 0.717. The molecule has 70 valence electrons. The molecule has 0 radical (unpaired) electrons. The average molecular weight is 255 g/mol. The Balaban J connectivity index is 2.65. The first-order chi connectivity index (χ1) is 6.63. The number of hydrogen-bond donors (Lipinski definition) is 0. The summed E-state index contributed by atoms with van der Waals surface area (Å²) < 4.78 is 5.04. The van der Waals surface area contributed by atoms with Crippen LogP contribution < -0.4 is 0 Å². The summed E-state index contributed by atoms with van der Waals surface area (Å²) >= 11 is 2.94. The van der Waals surface area contributed by atoms with Crippen LogP contribution in [-0.2, 0) is 0 Å². The fourth-order valence-corrected chi connectivity index (χ4v) is 1.57. The van der Waals surface area contributed by atoms with Crippen LogP contribution in [0.4, 0.5) is 0 Å². The molecule has 1 heterocycles. The number of carbonyl (C=O) groups is 3. The largest absolute Gasteiger partial charge is 0.449 e. The van der Waals surface area contributed by atoms with Crippen LogP contribution in [0.3, 0.4) is 0 Å². The highest BCUT2D eigenvalue weighted by Crippen LogP contribution is 2.26. The maximum Gasteiger partial charge on any atom is 0.236 e. The molecule has 1 aromatic heterocycles. The third-order valence-electron chi connectivity index (χ3n) is 1.81. The standard InChI is InChI=1S/C9H3BrO4/c10-6-2-7(12)5-1-4(3-11)14-9(5)8(6)13/h1-3H. The molecule has 2 rings (SSSR count). The number of allylic oxidation sites excluding steroid dienone is 2. The summed E-state index contributed by atoms with van der Waals surface area (Å²) in [6.07, 6.45) is 1.61. The summed E-state index contributed by atoms with van der Waals surface area (Å²) in [6, 6.07) is 1.26. The van der Waals surface area contributed by atoms with Gasteiger partial charge in [-0.1, -0.05) is 0 Å². The topological polar surface area (TPSA) is 64.3 Å². The van der Waals surface area contributed by atoms with Gasteiger partial charge in [0.2, 0.25) is 5.78 Å². The van der Waals surface area contributed by atoms with Gasteiger partial charge in [0, 0.05) is 6.08 Å². The van der Waals surface area contributed by atoms with Gasteiger partial charge in [-0.2, -0.15) is 0 Å². The molecule has 0 fully saturated rings. The molecule has 0 N–H and O–H groups in total. The highest BCUT2D eigenvalue weighted by atomic mass is 79.9. The molecule has 0 amide bonds. The molecule has 4 nitrogen and oxygen atoms in total. The predicted molar refractivity (Wildman–Crippen MR) is 49.8 cm³/mol. The number of halogens is 1. The maximum atomic E-state index is 11.4. The SMILES string of the molecule is O=Cc1cc2c(o1)C(=O)C(Br)=CC2=O. The molecule has 0 unspecified atom stereocenters. The molecular formula is C9H3BrO4. The van der Waals surface area contributed by atoms with Crippen molar-refractivity contribution in [3.8, 4) is 0 Å². The van der Waals surface area contributed by atoms with E-state index >= 15 is 0 Å². The second-order valence-corrected chi connectivity index (χ2v) is 3.55. The van der Waals surface area contributed by atoms with Crippen LogP contribution in [0.25, 0.3) is 0 Å². The van der Waals surface area contributed by atoms with E-state index in [4.69, 9.17) is 4.42 Å². The number of furan rings is 1. The summed E-state index contributed by atoms with van der Waals surface area (Å²) in [5.41, 5.74) is 0.139. The van der Waals surface area contributed by atoms with Gasteiger partial charge in [0.15, 0.2) is 23.6 Å². The molecule has 0 saturated heterocycles. The first kappa shape index (κ1) is 9.08. The summed E-state index contributed by atoms with van der Waals surface area (Å²) in [6.45, 7) is 0. The van der Waals surface area contributed by atoms with Gasteiger partial charge in [-0.25, -0.2) is 0 Å². The van der Waals surface area contributed by atoms with E-state index in [2.05, 4.69) is 15.9 Å². The van der Waals surface area contributed by atoms with Crippen molar-refractivity contribution in [2.24, 2.45) is 0 Å². The van der Waals surface area contributed by atoms with E-state index in [0.29, 0.717) is 6.29 Å². The van der Waals surface area contributed by atoms with Crippen LogP contribution in [0.2, 0.25) is 0 Å². The van der Waals surface area contributed by atoms with Crippen LogP contribution in [0, 0.1) is 0 Å². The highest BCUT2D eigenvalue weighted by molar-refractivity contribution is 9.12. The van der Waals surface area contributed by atoms with E-state index < -0.39 is 5.78 Å². The summed E-state index contributed by atoms with van der Waals surface area (Å²) in [7, 11) is 0. The lowest BCUT2D eigenvalue weighted by atomic mass is 10.0. The molecule has 5 heteroatoms. The van der Waals surface area contributed by atoms with E-state index in [0.717, 1.165) is 6.08 Å². The van der Waals surface area contributed by atoms with Gasteiger partial charge in [-0.3, -0.25) is 14.4 Å². The van der Waals surface area contributed by atoms with Gasteiger partial charge < -0.3 is 4.42 Å². The van der Waals surface area contributed by atoms with Crippen molar-refractivity contribution >= 4 is 33.8 Å². The van der Waals surface area contributed by atoms with E-state index in [-0.39, 0.29) is 27.3 Å². The fraction of sp³-hybridized carbons (Fsp3) is 0. The van der Waals surface area contributed by atoms with Crippen LogP contribution in [0.15, 0.2) is 21.0 Å². The number of ketones is 2. The van der Waals surface area contributed by atoms with Crippen molar-refractivity contribution in [1.82, 2.24) is 0 Å². The van der Waals surface area contributed by atoms with Crippen molar-refractivity contribution in [1.29, 1.82) is 0 Å². The lowest BCUT2D eigenvalue weighted by Gasteiger charge is -2.03. The lowest BCUT2D eigenvalue weighted by molar-refractivity contribution is 0.0969. The Kier molecular flexibility index (Phi) is 1.96. The van der Waals surface area contributed by atoms with Crippen LogP contribution >= 0.6 is 15.9 Å². The molecule has 0 saturated carbocycles. The zero-order chi connectivity index (χ0) is 10.3. The summed E-state index contributed by atoms with van der Waals surface area (Å²) in [5, 5.41) is 0. The third-order valence-corrected chi connectivity index (χ3v) is 2.40. The van der Waals surface area contributed by atoms with Crippen LogP contribution in [0.5, 0.6) is 0 Å². The average Bonchev–Trinajstić information content (AvgIpc) is 2.58. The van der Waals surface area contributed by atoms with Gasteiger partial charge in [0.05, 0.1) is 10.0 Å². The molecule has 14 heavy (non-hydrogen) atoms. The molecule has 1 aliphatic carbocycles. The molecule has 0 bridgehead atoms. The van der Waals surface area contributed by atoms with Crippen molar-refractivity contribution in [2.75, 3.05) is 0 Å². The van der Waals surface area contributed by atoms with Crippen molar-refractivity contribution in [2.45, 2.75) is 0 Å². The molecule has 0 spiro atoms. The van der Waals surface area contributed by atoms with Gasteiger partial charge in [-0.05, 0) is 22.0 Å². The van der Waals surface area contributed by atoms with Crippen LogP contribution in [-0.4, -0.2) is 17.9 Å². The van der Waals surface area contributed by atoms with Crippen molar-refractivity contribution in [3.63, 3.8) is 0 Å². The Bertz CT molecular complexity index is 481. The summed E-state index contributed by atoms with van der Waals surface area (Å²) in [5.74, 6) is -0.866. The summed E-state index contributed by atoms with van der Waals surface area (Å²) in [4.78, 5) is 33.1. The maximum absolute atomic E-state index is 11.4. The Morgan fingerprint density at radius 2 is 2.07 bits per heavy atom. The molecule has 0 aliphatic heterocycles. The van der Waals surface area contributed by atoms with Gasteiger partial charge >= 0.3 is 0 Å². The van der Waals surface area contributed by atoms with E-state index in [1.807, 2.05) is 0 Å². The number of rotatable bonds is 1. The number of fused-ring (bicyclic) bond motifs is 1. The fourth-order valence-electron chi connectivity index (χ4n) is 1.19. The Hall–Kier alpha value is -1.49. The van der Waals surface area contributed by atoms with Gasteiger partial charge in [0.25, 0.3) is 0 Å². The molecule has 1 aromatic rings. The minimum atomic E-state index is -0.423. The minimum absolute atomic E-state index is 0.0210. The number of aldehydes is 1. The normalized spacial score (nSPS) is 15.1. The number of Topliss-reactive ketones (excluding diaryl/α,β-unsaturated/α-hetero) is 1. The third kappa shape index (κ3) is 1.17. The van der Waals surface area contributed by atoms with Crippen molar-refractivity contribution in [3.05, 3.63) is 33.7 Å². The molecular weight excluding hydrogens is 252 g/mol. The van der Waals surface area contributed by atoms with Crippen molar-refractivity contribution < 1.29 is 18.8 Å². The van der Waals surface area contributed by atoms with E-state index in [1.165, 1.54) is 6.07 Å². The zero-order valence-electron chi connectivity index (χ0n) is 6.74. The second kappa shape index (κ2) is 3.02. The second-order valence-electron chi connectivity index (χ2n) is 2.70. The predicted octanol–water partition coefficient (Wildman–Crippen LogP) is 1.75. The smallest absolute Gasteiger partial charge is 0.236 e. The van der Waals surface area contributed by atoms with Crippen LogP contribution in [0.1, 0.15) is 31.5 Å². The first-order valence-electron chi connectivity index (χ1n) is 3.68. The monoisotopic (exact) mass is 254 g/mol. The minimum Gasteiger partial charge on any atom is -0.449 e. The molecule has 0 atom stereocenters. The Morgan fingerprint density at radius 3 is 2.71 bits per heavy atom. The van der Waals surface area contributed by atoms with Gasteiger partial charge in [0.1, 0.15) is 0 Å². The van der Waals surface area contributed by atoms with E-state index in [1.54, 1.807) is 0 Å². The molecule has 0 aromatic carbocycles. The molecule has 1 aliphatic rings. The first-order valence-corrected chi connectivity index (χ1v) is 4.48. The van der Waals surface area contributed by atoms with E-state index in [9.17, 15) is 14.4 Å². The Morgan fingerprint density at radius 1 is 1.36 bits per heavy atom. The van der Waals surface area contributed by atoms with Gasteiger partial charge in [-0.15, -0.1) is 0 Å².